The van der Waals surface area contributed by atoms with E-state index in [0.29, 0.717) is 18.9 Å². The quantitative estimate of drug-likeness (QED) is 0.724. The Hall–Kier alpha value is -0.370. The average Bonchev–Trinajstić information content (AvgIpc) is 2.23. The van der Waals surface area contributed by atoms with Gasteiger partial charge in [-0.15, -0.1) is 12.4 Å². The van der Waals surface area contributed by atoms with Gasteiger partial charge in [0, 0.05) is 26.7 Å². The number of sulfonamides is 1. The summed E-state index contributed by atoms with van der Waals surface area (Å²) in [6.45, 7) is 4.47. The maximum Gasteiger partial charge on any atom is 0.237 e. The van der Waals surface area contributed by atoms with Crippen molar-refractivity contribution in [1.82, 2.24) is 9.21 Å². The van der Waals surface area contributed by atoms with Crippen LogP contribution in [0.2, 0.25) is 0 Å². The maximum atomic E-state index is 11.8. The van der Waals surface area contributed by atoms with Crippen molar-refractivity contribution in [2.45, 2.75) is 26.3 Å². The van der Waals surface area contributed by atoms with Crippen molar-refractivity contribution in [3.8, 4) is 0 Å². The van der Waals surface area contributed by atoms with Crippen LogP contribution in [0.1, 0.15) is 20.3 Å². The molecule has 2 N–H and O–H groups in total. The van der Waals surface area contributed by atoms with E-state index in [4.69, 9.17) is 5.73 Å². The van der Waals surface area contributed by atoms with Crippen molar-refractivity contribution < 1.29 is 13.2 Å². The molecule has 19 heavy (non-hydrogen) atoms. The van der Waals surface area contributed by atoms with Gasteiger partial charge in [-0.3, -0.25) is 4.79 Å². The van der Waals surface area contributed by atoms with Gasteiger partial charge < -0.3 is 10.6 Å². The largest absolute Gasteiger partial charge is 0.345 e. The molecule has 0 saturated heterocycles. The molecule has 0 saturated carbocycles. The summed E-state index contributed by atoms with van der Waals surface area (Å²) in [6.07, 6.45) is 1.79. The number of likely N-dealkylation sites (N-methyl/N-ethyl adjacent to an activating group) is 2. The number of amides is 1. The summed E-state index contributed by atoms with van der Waals surface area (Å²) < 4.78 is 23.4. The molecule has 0 aliphatic carbocycles. The fraction of sp³-hybridized carbons (Fsp3) is 0.909. The van der Waals surface area contributed by atoms with Gasteiger partial charge in [-0.2, -0.15) is 4.31 Å². The lowest BCUT2D eigenvalue weighted by Crippen LogP contribution is -2.41. The molecule has 6 nitrogen and oxygen atoms in total. The molecule has 0 bridgehead atoms. The highest BCUT2D eigenvalue weighted by atomic mass is 35.5. The first-order valence-electron chi connectivity index (χ1n) is 5.96. The zero-order valence-electron chi connectivity index (χ0n) is 12.3. The molecule has 0 aliphatic rings. The van der Waals surface area contributed by atoms with Crippen LogP contribution in [0.4, 0.5) is 0 Å². The van der Waals surface area contributed by atoms with Crippen LogP contribution in [0, 0.1) is 5.92 Å². The molecule has 0 radical (unpaired) electrons. The first kappa shape index (κ1) is 20.9. The minimum absolute atomic E-state index is 0. The first-order chi connectivity index (χ1) is 8.05. The summed E-state index contributed by atoms with van der Waals surface area (Å²) in [5.74, 6) is 0.145. The molecule has 0 heterocycles. The Morgan fingerprint density at radius 1 is 1.26 bits per heavy atom. The van der Waals surface area contributed by atoms with Crippen LogP contribution in [0.25, 0.3) is 0 Å². The maximum absolute atomic E-state index is 11.8. The molecule has 1 amide bonds. The van der Waals surface area contributed by atoms with E-state index in [1.165, 1.54) is 11.9 Å². The fourth-order valence-electron chi connectivity index (χ4n) is 1.23. The van der Waals surface area contributed by atoms with Gasteiger partial charge in [-0.25, -0.2) is 8.42 Å². The summed E-state index contributed by atoms with van der Waals surface area (Å²) in [6, 6.07) is 0.0490. The number of hydrogen-bond acceptors (Lipinski definition) is 4. The lowest BCUT2D eigenvalue weighted by atomic mass is 10.0. The van der Waals surface area contributed by atoms with Crippen LogP contribution >= 0.6 is 12.4 Å². The van der Waals surface area contributed by atoms with E-state index in [2.05, 4.69) is 0 Å². The van der Waals surface area contributed by atoms with E-state index < -0.39 is 10.0 Å². The molecule has 1 atom stereocenters. The lowest BCUT2D eigenvalue weighted by Gasteiger charge is -2.23. The molecule has 0 fully saturated rings. The van der Waals surface area contributed by atoms with Crippen LogP contribution in [0.3, 0.4) is 0 Å². The summed E-state index contributed by atoms with van der Waals surface area (Å²) in [7, 11) is -0.267. The molecule has 0 aliphatic heterocycles. The predicted molar refractivity (Wildman–Crippen MR) is 79.8 cm³/mol. The Bertz CT molecular complexity index is 373. The Morgan fingerprint density at radius 3 is 2.11 bits per heavy atom. The molecule has 0 rings (SSSR count). The monoisotopic (exact) mass is 315 g/mol. The van der Waals surface area contributed by atoms with Crippen molar-refractivity contribution in [2.75, 3.05) is 33.4 Å². The molecular formula is C11H26ClN3O3S. The zero-order valence-corrected chi connectivity index (χ0v) is 13.9. The second-order valence-electron chi connectivity index (χ2n) is 5.03. The van der Waals surface area contributed by atoms with E-state index in [1.807, 2.05) is 13.8 Å². The van der Waals surface area contributed by atoms with Crippen LogP contribution in [0.5, 0.6) is 0 Å². The molecule has 0 aromatic carbocycles. The molecule has 1 unspecified atom stereocenters. The lowest BCUT2D eigenvalue weighted by molar-refractivity contribution is -0.130. The third kappa shape index (κ3) is 8.41. The van der Waals surface area contributed by atoms with Crippen molar-refractivity contribution >= 4 is 28.3 Å². The topological polar surface area (TPSA) is 83.7 Å². The average molecular weight is 316 g/mol. The molecule has 0 aromatic rings. The minimum Gasteiger partial charge on any atom is -0.345 e. The standard InChI is InChI=1S/C11H25N3O3S.ClH/c1-9(2)10(12)6-7-13(3)11(15)8-14(4)18(5,16)17;/h9-10H,6-8,12H2,1-5H3;1H. The van der Waals surface area contributed by atoms with Crippen molar-refractivity contribution in [3.63, 3.8) is 0 Å². The zero-order chi connectivity index (χ0) is 14.5. The van der Waals surface area contributed by atoms with Gasteiger partial charge in [-0.1, -0.05) is 13.8 Å². The Balaban J connectivity index is 0. The highest BCUT2D eigenvalue weighted by Crippen LogP contribution is 2.04. The Kier molecular flexibility index (Phi) is 9.62. The van der Waals surface area contributed by atoms with Gasteiger partial charge in [0.1, 0.15) is 0 Å². The molecular weight excluding hydrogens is 290 g/mol. The van der Waals surface area contributed by atoms with E-state index in [1.54, 1.807) is 7.05 Å². The highest BCUT2D eigenvalue weighted by molar-refractivity contribution is 7.88. The summed E-state index contributed by atoms with van der Waals surface area (Å²) in [4.78, 5) is 13.3. The summed E-state index contributed by atoms with van der Waals surface area (Å²) in [5.41, 5.74) is 5.89. The van der Waals surface area contributed by atoms with Gasteiger partial charge in [0.05, 0.1) is 12.8 Å². The van der Waals surface area contributed by atoms with Gasteiger partial charge in [0.15, 0.2) is 0 Å². The predicted octanol–water partition coefficient (Wildman–Crippen LogP) is 0.131. The Morgan fingerprint density at radius 2 is 1.74 bits per heavy atom. The second-order valence-corrected chi connectivity index (χ2v) is 7.12. The van der Waals surface area contributed by atoms with E-state index in [9.17, 15) is 13.2 Å². The van der Waals surface area contributed by atoms with Crippen LogP contribution in [-0.4, -0.2) is 63.0 Å². The van der Waals surface area contributed by atoms with E-state index in [0.717, 1.165) is 10.6 Å². The molecule has 116 valence electrons. The molecule has 8 heteroatoms. The minimum atomic E-state index is -3.31. The number of carbonyl (C=O) groups is 1. The number of nitrogens with two attached hydrogens (primary N) is 1. The van der Waals surface area contributed by atoms with Crippen LogP contribution in [0.15, 0.2) is 0 Å². The normalized spacial score (nSPS) is 13.3. The van der Waals surface area contributed by atoms with Crippen LogP contribution in [-0.2, 0) is 14.8 Å². The fourth-order valence-corrected chi connectivity index (χ4v) is 1.57. The number of hydrogen-bond donors (Lipinski definition) is 1. The highest BCUT2D eigenvalue weighted by Gasteiger charge is 2.18. The van der Waals surface area contributed by atoms with Crippen molar-refractivity contribution in [2.24, 2.45) is 11.7 Å². The van der Waals surface area contributed by atoms with E-state index >= 15 is 0 Å². The Labute approximate surface area is 122 Å². The third-order valence-electron chi connectivity index (χ3n) is 3.00. The van der Waals surface area contributed by atoms with Gasteiger partial charge in [0.25, 0.3) is 0 Å². The SMILES string of the molecule is CC(C)C(N)CCN(C)C(=O)CN(C)S(C)(=O)=O.Cl. The molecule has 0 aromatic heterocycles. The van der Waals surface area contributed by atoms with Gasteiger partial charge in [-0.05, 0) is 12.3 Å². The smallest absolute Gasteiger partial charge is 0.237 e. The summed E-state index contributed by atoms with van der Waals surface area (Å²) >= 11 is 0. The van der Waals surface area contributed by atoms with Gasteiger partial charge in [0.2, 0.25) is 15.9 Å². The second kappa shape index (κ2) is 8.73. The number of rotatable bonds is 7. The molecule has 0 spiro atoms. The summed E-state index contributed by atoms with van der Waals surface area (Å²) in [5, 5.41) is 0. The van der Waals surface area contributed by atoms with E-state index in [-0.39, 0.29) is 30.9 Å². The van der Waals surface area contributed by atoms with Crippen molar-refractivity contribution in [1.29, 1.82) is 0 Å². The van der Waals surface area contributed by atoms with Gasteiger partial charge >= 0.3 is 0 Å². The number of nitrogens with zero attached hydrogens (tertiary/aromatic N) is 2. The van der Waals surface area contributed by atoms with Crippen molar-refractivity contribution in [3.05, 3.63) is 0 Å². The number of carbonyl (C=O) groups excluding carboxylic acids is 1. The van der Waals surface area contributed by atoms with Crippen LogP contribution < -0.4 is 5.73 Å². The first-order valence-corrected chi connectivity index (χ1v) is 7.81. The number of halogens is 1. The third-order valence-corrected chi connectivity index (χ3v) is 4.27.